The van der Waals surface area contributed by atoms with Crippen LogP contribution >= 0.6 is 11.3 Å². The van der Waals surface area contributed by atoms with Gasteiger partial charge in [-0.25, -0.2) is 9.50 Å². The van der Waals surface area contributed by atoms with Gasteiger partial charge in [0, 0.05) is 44.3 Å². The second-order valence-corrected chi connectivity index (χ2v) is 7.89. The van der Waals surface area contributed by atoms with Gasteiger partial charge >= 0.3 is 0 Å². The van der Waals surface area contributed by atoms with Crippen LogP contribution in [-0.4, -0.2) is 45.9 Å². The lowest BCUT2D eigenvalue weighted by Crippen LogP contribution is -2.38. The lowest BCUT2D eigenvalue weighted by Gasteiger charge is -2.34. The van der Waals surface area contributed by atoms with Crippen molar-refractivity contribution in [2.24, 2.45) is 11.8 Å². The van der Waals surface area contributed by atoms with E-state index in [1.807, 2.05) is 29.0 Å². The fraction of sp³-hybridized carbons (Fsp3) is 0.500. The highest BCUT2D eigenvalue weighted by molar-refractivity contribution is 7.20. The van der Waals surface area contributed by atoms with Gasteiger partial charge in [0.25, 0.3) is 0 Å². The van der Waals surface area contributed by atoms with Crippen molar-refractivity contribution in [1.29, 1.82) is 0 Å². The first-order chi connectivity index (χ1) is 12.4. The molecule has 6 nitrogen and oxygen atoms in total. The normalized spacial score (nSPS) is 24.2. The standard InChI is InChI=1S/C18H21N5OS/c1-3-13(9-19-6-1)16-11-23-17(20-16)25-18(21-23)22-7-2-4-14(10-22)15-5-8-24-12-15/h1,3,6,9,11,14-15H,2,4-5,7-8,10,12H2. The minimum Gasteiger partial charge on any atom is -0.381 e. The summed E-state index contributed by atoms with van der Waals surface area (Å²) in [5.41, 5.74) is 1.96. The van der Waals surface area contributed by atoms with E-state index in [4.69, 9.17) is 14.8 Å². The van der Waals surface area contributed by atoms with E-state index in [1.54, 1.807) is 17.5 Å². The van der Waals surface area contributed by atoms with Gasteiger partial charge in [-0.1, -0.05) is 11.3 Å². The zero-order chi connectivity index (χ0) is 16.6. The Morgan fingerprint density at radius 1 is 1.24 bits per heavy atom. The highest BCUT2D eigenvalue weighted by Gasteiger charge is 2.31. The summed E-state index contributed by atoms with van der Waals surface area (Å²) >= 11 is 1.68. The Labute approximate surface area is 150 Å². The molecular formula is C18H21N5OS. The number of imidazole rings is 1. The SMILES string of the molecule is c1cncc(-c2cn3nc(N4CCCC(C5CCOC5)C4)sc3n2)c1. The molecule has 2 fully saturated rings. The molecule has 2 unspecified atom stereocenters. The van der Waals surface area contributed by atoms with Gasteiger partial charge in [-0.15, -0.1) is 5.10 Å². The monoisotopic (exact) mass is 355 g/mol. The van der Waals surface area contributed by atoms with Gasteiger partial charge in [-0.2, -0.15) is 0 Å². The first kappa shape index (κ1) is 15.3. The van der Waals surface area contributed by atoms with Gasteiger partial charge in [0.1, 0.15) is 0 Å². The first-order valence-corrected chi connectivity index (χ1v) is 9.78. The Hall–Kier alpha value is -1.99. The van der Waals surface area contributed by atoms with Crippen molar-refractivity contribution in [3.8, 4) is 11.3 Å². The van der Waals surface area contributed by atoms with E-state index in [9.17, 15) is 0 Å². The first-order valence-electron chi connectivity index (χ1n) is 8.96. The Bertz CT molecular complexity index is 823. The number of aromatic nitrogens is 4. The third-order valence-corrected chi connectivity index (χ3v) is 6.33. The molecule has 25 heavy (non-hydrogen) atoms. The summed E-state index contributed by atoms with van der Waals surface area (Å²) in [6.45, 7) is 4.06. The van der Waals surface area contributed by atoms with Crippen molar-refractivity contribution >= 4 is 21.4 Å². The molecule has 0 saturated carbocycles. The van der Waals surface area contributed by atoms with Crippen molar-refractivity contribution in [3.05, 3.63) is 30.7 Å². The van der Waals surface area contributed by atoms with Crippen LogP contribution in [-0.2, 0) is 4.74 Å². The fourth-order valence-corrected chi connectivity index (χ4v) is 4.88. The number of ether oxygens (including phenoxy) is 1. The number of pyridine rings is 1. The predicted molar refractivity (Wildman–Crippen MR) is 98.0 cm³/mol. The minimum atomic E-state index is 0.726. The summed E-state index contributed by atoms with van der Waals surface area (Å²) in [4.78, 5) is 12.3. The maximum Gasteiger partial charge on any atom is 0.214 e. The van der Waals surface area contributed by atoms with Crippen molar-refractivity contribution in [1.82, 2.24) is 19.6 Å². The molecule has 5 heterocycles. The Kier molecular flexibility index (Phi) is 3.90. The predicted octanol–water partition coefficient (Wildman–Crippen LogP) is 3.11. The summed E-state index contributed by atoms with van der Waals surface area (Å²) in [5, 5.41) is 5.88. The maximum atomic E-state index is 5.59. The van der Waals surface area contributed by atoms with Crippen molar-refractivity contribution in [2.75, 3.05) is 31.2 Å². The average Bonchev–Trinajstić information content (AvgIpc) is 3.38. The number of anilines is 1. The molecule has 0 bridgehead atoms. The zero-order valence-electron chi connectivity index (χ0n) is 14.0. The van der Waals surface area contributed by atoms with Gasteiger partial charge in [0.15, 0.2) is 0 Å². The lowest BCUT2D eigenvalue weighted by molar-refractivity contribution is 0.167. The summed E-state index contributed by atoms with van der Waals surface area (Å²) in [5.74, 6) is 1.46. The summed E-state index contributed by atoms with van der Waals surface area (Å²) in [6, 6.07) is 3.96. The van der Waals surface area contributed by atoms with E-state index in [-0.39, 0.29) is 0 Å². The molecule has 0 aromatic carbocycles. The highest BCUT2D eigenvalue weighted by Crippen LogP contribution is 2.34. The highest BCUT2D eigenvalue weighted by atomic mass is 32.1. The van der Waals surface area contributed by atoms with Crippen LogP contribution in [0.3, 0.4) is 0 Å². The molecule has 0 aliphatic carbocycles. The van der Waals surface area contributed by atoms with Crippen LogP contribution in [0, 0.1) is 11.8 Å². The molecule has 5 rings (SSSR count). The van der Waals surface area contributed by atoms with Gasteiger partial charge in [-0.05, 0) is 43.2 Å². The molecule has 2 atom stereocenters. The van der Waals surface area contributed by atoms with E-state index >= 15 is 0 Å². The molecule has 0 radical (unpaired) electrons. The molecule has 0 spiro atoms. The molecule has 0 amide bonds. The molecule has 2 aliphatic rings. The van der Waals surface area contributed by atoms with E-state index in [0.717, 1.165) is 59.5 Å². The summed E-state index contributed by atoms with van der Waals surface area (Å²) in [6.07, 6.45) is 9.39. The lowest BCUT2D eigenvalue weighted by atomic mass is 9.85. The van der Waals surface area contributed by atoms with Crippen LogP contribution in [0.4, 0.5) is 5.13 Å². The number of piperidine rings is 1. The van der Waals surface area contributed by atoms with Gasteiger partial charge in [0.05, 0.1) is 11.9 Å². The second kappa shape index (κ2) is 6.38. The molecule has 3 aromatic rings. The van der Waals surface area contributed by atoms with Gasteiger partial charge < -0.3 is 9.64 Å². The Morgan fingerprint density at radius 2 is 2.24 bits per heavy atom. The van der Waals surface area contributed by atoms with Crippen LogP contribution in [0.15, 0.2) is 30.7 Å². The quantitative estimate of drug-likeness (QED) is 0.723. The van der Waals surface area contributed by atoms with E-state index in [1.165, 1.54) is 19.3 Å². The van der Waals surface area contributed by atoms with E-state index < -0.39 is 0 Å². The molecule has 0 N–H and O–H groups in total. The number of fused-ring (bicyclic) bond motifs is 1. The minimum absolute atomic E-state index is 0.726. The topological polar surface area (TPSA) is 55.5 Å². The molecule has 2 saturated heterocycles. The second-order valence-electron chi connectivity index (χ2n) is 6.95. The fourth-order valence-electron chi connectivity index (χ4n) is 3.96. The molecule has 2 aliphatic heterocycles. The van der Waals surface area contributed by atoms with Gasteiger partial charge in [-0.3, -0.25) is 4.98 Å². The smallest absolute Gasteiger partial charge is 0.214 e. The molecular weight excluding hydrogens is 334 g/mol. The van der Waals surface area contributed by atoms with E-state index in [0.29, 0.717) is 0 Å². The molecule has 3 aromatic heterocycles. The van der Waals surface area contributed by atoms with E-state index in [2.05, 4.69) is 9.88 Å². The van der Waals surface area contributed by atoms with Crippen LogP contribution < -0.4 is 4.90 Å². The van der Waals surface area contributed by atoms with Crippen LogP contribution in [0.2, 0.25) is 0 Å². The summed E-state index contributed by atoms with van der Waals surface area (Å²) < 4.78 is 7.50. The maximum absolute atomic E-state index is 5.59. The Morgan fingerprint density at radius 3 is 3.04 bits per heavy atom. The van der Waals surface area contributed by atoms with Crippen molar-refractivity contribution in [2.45, 2.75) is 19.3 Å². The molecule has 7 heteroatoms. The third kappa shape index (κ3) is 2.91. The van der Waals surface area contributed by atoms with Gasteiger partial charge in [0.2, 0.25) is 10.1 Å². The van der Waals surface area contributed by atoms with Crippen molar-refractivity contribution in [3.63, 3.8) is 0 Å². The number of nitrogens with zero attached hydrogens (tertiary/aromatic N) is 5. The van der Waals surface area contributed by atoms with Crippen molar-refractivity contribution < 1.29 is 4.74 Å². The largest absolute Gasteiger partial charge is 0.381 e. The third-order valence-electron chi connectivity index (χ3n) is 5.35. The average molecular weight is 355 g/mol. The van der Waals surface area contributed by atoms with Crippen LogP contribution in [0.1, 0.15) is 19.3 Å². The summed E-state index contributed by atoms with van der Waals surface area (Å²) in [7, 11) is 0. The van der Waals surface area contributed by atoms with Crippen LogP contribution in [0.5, 0.6) is 0 Å². The number of hydrogen-bond donors (Lipinski definition) is 0. The number of rotatable bonds is 3. The molecule has 130 valence electrons. The van der Waals surface area contributed by atoms with Crippen LogP contribution in [0.25, 0.3) is 16.2 Å². The number of hydrogen-bond acceptors (Lipinski definition) is 6. The Balaban J connectivity index is 1.37. The zero-order valence-corrected chi connectivity index (χ0v) is 14.9.